The van der Waals surface area contributed by atoms with Crippen molar-refractivity contribution in [2.24, 2.45) is 23.0 Å². The number of halogens is 2. The van der Waals surface area contributed by atoms with Gasteiger partial charge in [0.25, 0.3) is 5.92 Å². The molecule has 1 atom stereocenters. The molecule has 1 spiro atoms. The molecule has 3 aliphatic rings. The predicted octanol–water partition coefficient (Wildman–Crippen LogP) is 3.33. The Kier molecular flexibility index (Phi) is 2.33. The zero-order chi connectivity index (χ0) is 11.4. The van der Waals surface area contributed by atoms with Gasteiger partial charge in [-0.25, -0.2) is 8.78 Å². The van der Waals surface area contributed by atoms with Crippen LogP contribution in [0, 0.1) is 17.3 Å². The van der Waals surface area contributed by atoms with Crippen molar-refractivity contribution in [1.82, 2.24) is 0 Å². The fourth-order valence-corrected chi connectivity index (χ4v) is 4.38. The van der Waals surface area contributed by atoms with Crippen LogP contribution < -0.4 is 5.73 Å². The summed E-state index contributed by atoms with van der Waals surface area (Å²) in [5, 5.41) is 0. The Morgan fingerprint density at radius 1 is 0.938 bits per heavy atom. The van der Waals surface area contributed by atoms with Crippen molar-refractivity contribution in [1.29, 1.82) is 0 Å². The second kappa shape index (κ2) is 3.41. The summed E-state index contributed by atoms with van der Waals surface area (Å²) in [6, 6.07) is 0.172. The molecule has 0 amide bonds. The van der Waals surface area contributed by atoms with Crippen molar-refractivity contribution < 1.29 is 8.78 Å². The highest BCUT2D eigenvalue weighted by atomic mass is 19.3. The van der Waals surface area contributed by atoms with E-state index in [0.29, 0.717) is 18.8 Å². The van der Waals surface area contributed by atoms with Gasteiger partial charge in [-0.15, -0.1) is 0 Å². The fourth-order valence-electron chi connectivity index (χ4n) is 4.38. The van der Waals surface area contributed by atoms with Crippen LogP contribution in [0.4, 0.5) is 8.78 Å². The Morgan fingerprint density at radius 2 is 1.50 bits per heavy atom. The van der Waals surface area contributed by atoms with Gasteiger partial charge in [0, 0.05) is 17.4 Å². The lowest BCUT2D eigenvalue weighted by atomic mass is 9.79. The second-order valence-corrected chi connectivity index (χ2v) is 6.14. The van der Waals surface area contributed by atoms with Crippen molar-refractivity contribution in [3.05, 3.63) is 0 Å². The SMILES string of the molecule is NC1CCC2(CC1)C(C1CCCC1)C2(F)F. The Bertz CT molecular complexity index is 276. The third kappa shape index (κ3) is 1.30. The van der Waals surface area contributed by atoms with E-state index >= 15 is 0 Å². The van der Waals surface area contributed by atoms with E-state index < -0.39 is 11.3 Å². The summed E-state index contributed by atoms with van der Waals surface area (Å²) >= 11 is 0. The second-order valence-electron chi connectivity index (χ2n) is 6.14. The molecule has 0 radical (unpaired) electrons. The normalized spacial score (nSPS) is 47.4. The highest BCUT2D eigenvalue weighted by molar-refractivity contribution is 5.21. The van der Waals surface area contributed by atoms with Crippen molar-refractivity contribution >= 4 is 0 Å². The van der Waals surface area contributed by atoms with Gasteiger partial charge in [0.05, 0.1) is 0 Å². The number of hydrogen-bond acceptors (Lipinski definition) is 1. The summed E-state index contributed by atoms with van der Waals surface area (Å²) < 4.78 is 28.2. The molecule has 0 aromatic carbocycles. The lowest BCUT2D eigenvalue weighted by molar-refractivity contribution is 0.0390. The fraction of sp³-hybridized carbons (Fsp3) is 1.00. The molecular formula is C13H21F2N. The first-order valence-electron chi connectivity index (χ1n) is 6.71. The topological polar surface area (TPSA) is 26.0 Å². The molecule has 0 aromatic heterocycles. The lowest BCUT2D eigenvalue weighted by Crippen LogP contribution is -2.30. The number of rotatable bonds is 1. The standard InChI is InChI=1S/C13H21F2N/c14-13(15)11(9-3-1-2-4-9)12(13)7-5-10(16)6-8-12/h9-11H,1-8,16H2. The van der Waals surface area contributed by atoms with Crippen molar-refractivity contribution in [2.75, 3.05) is 0 Å². The predicted molar refractivity (Wildman–Crippen MR) is 59.3 cm³/mol. The summed E-state index contributed by atoms with van der Waals surface area (Å²) in [4.78, 5) is 0. The molecule has 16 heavy (non-hydrogen) atoms. The quantitative estimate of drug-likeness (QED) is 0.733. The average molecular weight is 229 g/mol. The maximum absolute atomic E-state index is 14.1. The Hall–Kier alpha value is -0.180. The zero-order valence-corrected chi connectivity index (χ0v) is 9.72. The van der Waals surface area contributed by atoms with Crippen LogP contribution in [0.25, 0.3) is 0 Å². The summed E-state index contributed by atoms with van der Waals surface area (Å²) in [6.07, 6.45) is 7.34. The Labute approximate surface area is 95.8 Å². The van der Waals surface area contributed by atoms with Crippen LogP contribution in [0.5, 0.6) is 0 Å². The molecule has 3 saturated carbocycles. The van der Waals surface area contributed by atoms with Gasteiger partial charge in [-0.2, -0.15) is 0 Å². The number of alkyl halides is 2. The Morgan fingerprint density at radius 3 is 2.06 bits per heavy atom. The van der Waals surface area contributed by atoms with E-state index in [2.05, 4.69) is 0 Å². The van der Waals surface area contributed by atoms with Crippen molar-refractivity contribution in [3.8, 4) is 0 Å². The molecule has 3 heteroatoms. The molecule has 0 bridgehead atoms. The van der Waals surface area contributed by atoms with Crippen LogP contribution in [0.2, 0.25) is 0 Å². The minimum Gasteiger partial charge on any atom is -0.328 e. The smallest absolute Gasteiger partial charge is 0.257 e. The number of hydrogen-bond donors (Lipinski definition) is 1. The molecule has 0 saturated heterocycles. The molecule has 3 aliphatic carbocycles. The van der Waals surface area contributed by atoms with Crippen molar-refractivity contribution in [3.63, 3.8) is 0 Å². The molecule has 1 nitrogen and oxygen atoms in total. The van der Waals surface area contributed by atoms with Crippen LogP contribution in [0.1, 0.15) is 51.4 Å². The molecule has 0 heterocycles. The molecule has 2 N–H and O–H groups in total. The first-order valence-corrected chi connectivity index (χ1v) is 6.71. The monoisotopic (exact) mass is 229 g/mol. The maximum Gasteiger partial charge on any atom is 0.257 e. The van der Waals surface area contributed by atoms with Gasteiger partial charge in [-0.3, -0.25) is 0 Å². The van der Waals surface area contributed by atoms with Gasteiger partial charge in [-0.05, 0) is 44.4 Å². The molecular weight excluding hydrogens is 208 g/mol. The molecule has 0 aromatic rings. The van der Waals surface area contributed by atoms with E-state index in [4.69, 9.17) is 5.73 Å². The molecule has 3 rings (SSSR count). The summed E-state index contributed by atoms with van der Waals surface area (Å²) in [5.41, 5.74) is 5.20. The largest absolute Gasteiger partial charge is 0.328 e. The van der Waals surface area contributed by atoms with Gasteiger partial charge in [0.15, 0.2) is 0 Å². The van der Waals surface area contributed by atoms with Gasteiger partial charge in [0.1, 0.15) is 0 Å². The minimum atomic E-state index is -2.37. The highest BCUT2D eigenvalue weighted by Crippen LogP contribution is 2.75. The third-order valence-corrected chi connectivity index (χ3v) is 5.36. The Balaban J connectivity index is 1.75. The lowest BCUT2D eigenvalue weighted by Gasteiger charge is -2.27. The molecule has 0 aliphatic heterocycles. The van der Waals surface area contributed by atoms with Crippen LogP contribution in [0.15, 0.2) is 0 Å². The summed E-state index contributed by atoms with van der Waals surface area (Å²) in [7, 11) is 0. The summed E-state index contributed by atoms with van der Waals surface area (Å²) in [5.74, 6) is -2.36. The van der Waals surface area contributed by atoms with Crippen LogP contribution in [-0.2, 0) is 0 Å². The highest BCUT2D eigenvalue weighted by Gasteiger charge is 2.80. The van der Waals surface area contributed by atoms with Crippen LogP contribution in [0.3, 0.4) is 0 Å². The van der Waals surface area contributed by atoms with Gasteiger partial charge >= 0.3 is 0 Å². The van der Waals surface area contributed by atoms with Gasteiger partial charge in [-0.1, -0.05) is 12.8 Å². The maximum atomic E-state index is 14.1. The van der Waals surface area contributed by atoms with E-state index in [9.17, 15) is 8.78 Å². The minimum absolute atomic E-state index is 0.172. The molecule has 3 fully saturated rings. The van der Waals surface area contributed by atoms with Gasteiger partial charge in [0.2, 0.25) is 0 Å². The van der Waals surface area contributed by atoms with Gasteiger partial charge < -0.3 is 5.73 Å². The van der Waals surface area contributed by atoms with E-state index in [1.54, 1.807) is 0 Å². The van der Waals surface area contributed by atoms with Crippen LogP contribution >= 0.6 is 0 Å². The third-order valence-electron chi connectivity index (χ3n) is 5.36. The summed E-state index contributed by atoms with van der Waals surface area (Å²) in [6.45, 7) is 0. The number of nitrogens with two attached hydrogens (primary N) is 1. The average Bonchev–Trinajstić information content (AvgIpc) is 2.64. The molecule has 1 unspecified atom stereocenters. The van der Waals surface area contributed by atoms with E-state index in [1.807, 2.05) is 0 Å². The van der Waals surface area contributed by atoms with Crippen LogP contribution in [-0.4, -0.2) is 12.0 Å². The van der Waals surface area contributed by atoms with E-state index in [0.717, 1.165) is 38.5 Å². The van der Waals surface area contributed by atoms with E-state index in [-0.39, 0.29) is 12.0 Å². The molecule has 92 valence electrons. The zero-order valence-electron chi connectivity index (χ0n) is 9.72. The first kappa shape index (κ1) is 10.9. The van der Waals surface area contributed by atoms with E-state index in [1.165, 1.54) is 0 Å². The van der Waals surface area contributed by atoms with Crippen molar-refractivity contribution in [2.45, 2.75) is 63.3 Å². The first-order chi connectivity index (χ1) is 7.58.